The molecule has 4 amide bonds. The second kappa shape index (κ2) is 5.79. The zero-order chi connectivity index (χ0) is 18.6. The molecule has 3 aliphatic heterocycles. The average Bonchev–Trinajstić information content (AvgIpc) is 3.09. The van der Waals surface area contributed by atoms with Gasteiger partial charge in [0.05, 0.1) is 11.7 Å². The number of hydrogen-bond donors (Lipinski definition) is 1. The van der Waals surface area contributed by atoms with Gasteiger partial charge in [0.1, 0.15) is 5.82 Å². The Kier molecular flexibility index (Phi) is 3.78. The van der Waals surface area contributed by atoms with Crippen molar-refractivity contribution in [2.75, 3.05) is 11.4 Å². The SMILES string of the molecule is CC[C@H](C)N1C(=O)NC(=O)[C@]2(Cc3cccc(F)c3N3CCC[C@H]32)C1=O. The van der Waals surface area contributed by atoms with E-state index in [0.717, 1.165) is 6.42 Å². The highest BCUT2D eigenvalue weighted by molar-refractivity contribution is 6.20. The first-order valence-electron chi connectivity index (χ1n) is 9.15. The lowest BCUT2D eigenvalue weighted by Crippen LogP contribution is -2.72. The van der Waals surface area contributed by atoms with Gasteiger partial charge in [-0.1, -0.05) is 19.1 Å². The minimum absolute atomic E-state index is 0.117. The fraction of sp³-hybridized carbons (Fsp3) is 0.526. The second-order valence-electron chi connectivity index (χ2n) is 7.44. The first kappa shape index (κ1) is 17.0. The number of carbonyl (C=O) groups is 3. The Labute approximate surface area is 151 Å². The van der Waals surface area contributed by atoms with Crippen LogP contribution in [0.5, 0.6) is 0 Å². The largest absolute Gasteiger partial charge is 0.364 e. The van der Waals surface area contributed by atoms with Gasteiger partial charge in [-0.25, -0.2) is 9.18 Å². The predicted molar refractivity (Wildman–Crippen MR) is 93.0 cm³/mol. The number of anilines is 1. The van der Waals surface area contributed by atoms with Gasteiger partial charge in [0, 0.05) is 12.6 Å². The maximum Gasteiger partial charge on any atom is 0.331 e. The van der Waals surface area contributed by atoms with Gasteiger partial charge >= 0.3 is 6.03 Å². The number of barbiturate groups is 1. The molecule has 6 nitrogen and oxygen atoms in total. The number of para-hydroxylation sites is 1. The van der Waals surface area contributed by atoms with Crippen LogP contribution in [0.4, 0.5) is 14.9 Å². The molecule has 1 aromatic rings. The van der Waals surface area contributed by atoms with Crippen LogP contribution in [0.15, 0.2) is 18.2 Å². The third kappa shape index (κ3) is 2.06. The van der Waals surface area contributed by atoms with E-state index < -0.39 is 29.3 Å². The maximum absolute atomic E-state index is 14.5. The fourth-order valence-corrected chi connectivity index (χ4v) is 4.70. The number of carbonyl (C=O) groups excluding carboxylic acids is 3. The summed E-state index contributed by atoms with van der Waals surface area (Å²) in [5.41, 5.74) is -0.243. The Bertz CT molecular complexity index is 811. The lowest BCUT2D eigenvalue weighted by molar-refractivity contribution is -0.154. The highest BCUT2D eigenvalue weighted by Gasteiger charge is 2.63. The molecular weight excluding hydrogens is 337 g/mol. The van der Waals surface area contributed by atoms with Crippen LogP contribution in [0.25, 0.3) is 0 Å². The van der Waals surface area contributed by atoms with Crippen molar-refractivity contribution in [2.45, 2.75) is 51.6 Å². The Balaban J connectivity index is 1.88. The number of fused-ring (bicyclic) bond motifs is 4. The lowest BCUT2D eigenvalue weighted by atomic mass is 9.68. The molecule has 0 aromatic heterocycles. The molecule has 1 aromatic carbocycles. The zero-order valence-electron chi connectivity index (χ0n) is 14.9. The molecule has 0 saturated carbocycles. The number of urea groups is 1. The molecule has 4 rings (SSSR count). The fourth-order valence-electron chi connectivity index (χ4n) is 4.70. The summed E-state index contributed by atoms with van der Waals surface area (Å²) in [5.74, 6) is -1.34. The van der Waals surface area contributed by atoms with Crippen LogP contribution in [-0.4, -0.2) is 41.4 Å². The molecule has 0 radical (unpaired) electrons. The maximum atomic E-state index is 14.5. The van der Waals surface area contributed by atoms with E-state index in [1.807, 2.05) is 11.8 Å². The third-order valence-corrected chi connectivity index (χ3v) is 6.12. The summed E-state index contributed by atoms with van der Waals surface area (Å²) in [5, 5.41) is 2.40. The third-order valence-electron chi connectivity index (χ3n) is 6.12. The number of rotatable bonds is 2. The van der Waals surface area contributed by atoms with Crippen LogP contribution < -0.4 is 10.2 Å². The molecule has 1 spiro atoms. The van der Waals surface area contributed by atoms with Gasteiger partial charge in [0.2, 0.25) is 11.8 Å². The summed E-state index contributed by atoms with van der Waals surface area (Å²) in [7, 11) is 0. The molecule has 3 atom stereocenters. The van der Waals surface area contributed by atoms with E-state index in [2.05, 4.69) is 5.32 Å². The van der Waals surface area contributed by atoms with E-state index >= 15 is 0 Å². The Morgan fingerprint density at radius 2 is 2.12 bits per heavy atom. The van der Waals surface area contributed by atoms with Gasteiger partial charge in [-0.3, -0.25) is 19.8 Å². The Morgan fingerprint density at radius 3 is 2.85 bits per heavy atom. The highest BCUT2D eigenvalue weighted by atomic mass is 19.1. The number of hydrogen-bond acceptors (Lipinski definition) is 4. The number of nitrogens with one attached hydrogen (secondary N) is 1. The van der Waals surface area contributed by atoms with Gasteiger partial charge < -0.3 is 4.90 Å². The van der Waals surface area contributed by atoms with Gasteiger partial charge in [0.15, 0.2) is 5.41 Å². The van der Waals surface area contributed by atoms with Crippen LogP contribution >= 0.6 is 0 Å². The topological polar surface area (TPSA) is 69.7 Å². The molecule has 26 heavy (non-hydrogen) atoms. The summed E-state index contributed by atoms with van der Waals surface area (Å²) >= 11 is 0. The monoisotopic (exact) mass is 359 g/mol. The zero-order valence-corrected chi connectivity index (χ0v) is 14.9. The second-order valence-corrected chi connectivity index (χ2v) is 7.44. The van der Waals surface area contributed by atoms with Crippen LogP contribution in [0.1, 0.15) is 38.7 Å². The van der Waals surface area contributed by atoms with Crippen LogP contribution in [0.2, 0.25) is 0 Å². The Morgan fingerprint density at radius 1 is 1.35 bits per heavy atom. The van der Waals surface area contributed by atoms with E-state index in [9.17, 15) is 18.8 Å². The van der Waals surface area contributed by atoms with Crippen molar-refractivity contribution in [1.29, 1.82) is 0 Å². The van der Waals surface area contributed by atoms with Crippen molar-refractivity contribution < 1.29 is 18.8 Å². The summed E-state index contributed by atoms with van der Waals surface area (Å²) in [4.78, 5) is 41.8. The van der Waals surface area contributed by atoms with Crippen molar-refractivity contribution >= 4 is 23.5 Å². The molecule has 0 bridgehead atoms. The van der Waals surface area contributed by atoms with E-state index in [4.69, 9.17) is 0 Å². The molecule has 1 N–H and O–H groups in total. The molecule has 2 fully saturated rings. The molecule has 138 valence electrons. The summed E-state index contributed by atoms with van der Waals surface area (Å²) < 4.78 is 14.5. The molecular formula is C19H22FN3O3. The number of benzene rings is 1. The normalized spacial score (nSPS) is 28.9. The molecule has 3 heterocycles. The summed E-state index contributed by atoms with van der Waals surface area (Å²) in [6, 6.07) is 3.37. The predicted octanol–water partition coefficient (Wildman–Crippen LogP) is 2.21. The molecule has 0 aliphatic carbocycles. The average molecular weight is 359 g/mol. The van der Waals surface area contributed by atoms with Crippen LogP contribution in [0, 0.1) is 11.2 Å². The van der Waals surface area contributed by atoms with Crippen molar-refractivity contribution in [3.63, 3.8) is 0 Å². The van der Waals surface area contributed by atoms with Gasteiger partial charge in [-0.2, -0.15) is 0 Å². The van der Waals surface area contributed by atoms with E-state index in [0.29, 0.717) is 30.6 Å². The summed E-state index contributed by atoms with van der Waals surface area (Å²) in [6.45, 7) is 4.28. The van der Waals surface area contributed by atoms with E-state index in [1.54, 1.807) is 19.1 Å². The van der Waals surface area contributed by atoms with Gasteiger partial charge in [-0.05, 0) is 44.2 Å². The molecule has 2 saturated heterocycles. The first-order valence-corrected chi connectivity index (χ1v) is 9.15. The number of halogens is 1. The minimum Gasteiger partial charge on any atom is -0.364 e. The van der Waals surface area contributed by atoms with Crippen molar-refractivity contribution in [1.82, 2.24) is 10.2 Å². The van der Waals surface area contributed by atoms with E-state index in [1.165, 1.54) is 11.0 Å². The number of nitrogens with zero attached hydrogens (tertiary/aromatic N) is 2. The molecule has 7 heteroatoms. The van der Waals surface area contributed by atoms with Crippen LogP contribution in [-0.2, 0) is 16.0 Å². The number of imide groups is 2. The smallest absolute Gasteiger partial charge is 0.331 e. The van der Waals surface area contributed by atoms with Gasteiger partial charge in [0.25, 0.3) is 0 Å². The Hall–Kier alpha value is -2.44. The van der Waals surface area contributed by atoms with Crippen molar-refractivity contribution in [3.8, 4) is 0 Å². The summed E-state index contributed by atoms with van der Waals surface area (Å²) in [6.07, 6.45) is 2.11. The van der Waals surface area contributed by atoms with Crippen molar-refractivity contribution in [3.05, 3.63) is 29.6 Å². The number of amides is 4. The van der Waals surface area contributed by atoms with Crippen molar-refractivity contribution in [2.24, 2.45) is 5.41 Å². The standard InChI is InChI=1S/C19H22FN3O3/c1-3-11(2)23-17(25)19(16(24)21-18(23)26)10-12-6-4-7-13(20)15(12)22-9-5-8-14(19)22/h4,6-7,11,14H,3,5,8-10H2,1-2H3,(H,21,24,26)/t11-,14-,19+/m0/s1. The van der Waals surface area contributed by atoms with E-state index in [-0.39, 0.29) is 18.3 Å². The first-order chi connectivity index (χ1) is 12.4. The molecule has 0 unspecified atom stereocenters. The lowest BCUT2D eigenvalue weighted by Gasteiger charge is -2.50. The highest BCUT2D eigenvalue weighted by Crippen LogP contribution is 2.49. The van der Waals surface area contributed by atoms with Crippen LogP contribution in [0.3, 0.4) is 0 Å². The van der Waals surface area contributed by atoms with Gasteiger partial charge in [-0.15, -0.1) is 0 Å². The molecule has 3 aliphatic rings. The quantitative estimate of drug-likeness (QED) is 0.822. The minimum atomic E-state index is -1.38.